The number of pyridine rings is 1. The number of para-hydroxylation sites is 2. The van der Waals surface area contributed by atoms with Crippen LogP contribution in [0.2, 0.25) is 0 Å². The molecule has 5 nitrogen and oxygen atoms in total. The number of benzene rings is 1. The molecular formula is C15H17N5. The second-order valence-corrected chi connectivity index (χ2v) is 4.87. The Kier molecular flexibility index (Phi) is 3.02. The van der Waals surface area contributed by atoms with Crippen LogP contribution in [0.25, 0.3) is 0 Å². The molecule has 1 aliphatic rings. The quantitative estimate of drug-likeness (QED) is 0.644. The first-order valence-corrected chi connectivity index (χ1v) is 6.55. The fraction of sp³-hybridized carbons (Fsp3) is 0.200. The highest BCUT2D eigenvalue weighted by Crippen LogP contribution is 2.36. The van der Waals surface area contributed by atoms with Crippen LogP contribution >= 0.6 is 0 Å². The summed E-state index contributed by atoms with van der Waals surface area (Å²) in [5.41, 5.74) is 9.43. The first-order valence-electron chi connectivity index (χ1n) is 6.55. The Labute approximate surface area is 118 Å². The van der Waals surface area contributed by atoms with E-state index in [1.807, 2.05) is 24.3 Å². The molecule has 20 heavy (non-hydrogen) atoms. The molecule has 1 aromatic heterocycles. The number of nitrogens with two attached hydrogens (primary N) is 1. The molecule has 102 valence electrons. The van der Waals surface area contributed by atoms with Crippen molar-refractivity contribution in [3.8, 4) is 0 Å². The zero-order valence-corrected chi connectivity index (χ0v) is 11.4. The molecule has 0 saturated carbocycles. The summed E-state index contributed by atoms with van der Waals surface area (Å²) in [6, 6.07) is 12.1. The highest BCUT2D eigenvalue weighted by Gasteiger charge is 2.21. The Balaban J connectivity index is 2.05. The van der Waals surface area contributed by atoms with Crippen LogP contribution < -0.4 is 15.5 Å². The van der Waals surface area contributed by atoms with Crippen LogP contribution in [0.15, 0.2) is 42.6 Å². The fourth-order valence-corrected chi connectivity index (χ4v) is 2.51. The van der Waals surface area contributed by atoms with Crippen LogP contribution in [0.4, 0.5) is 17.1 Å². The van der Waals surface area contributed by atoms with E-state index in [0.29, 0.717) is 5.69 Å². The number of likely N-dealkylation sites (N-methyl/N-ethyl adjacent to an activating group) is 1. The first-order chi connectivity index (χ1) is 9.66. The molecule has 3 N–H and O–H groups in total. The standard InChI is InChI=1S/C15H17N5/c1-19-8-9-20(14-5-3-2-4-13(14)19)11-6-7-18-12(10-11)15(16)17/h2-7,10H,8-9H2,1H3,(H3,16,17). The molecule has 1 aromatic carbocycles. The van der Waals surface area contributed by atoms with Gasteiger partial charge in [-0.25, -0.2) is 0 Å². The minimum atomic E-state index is -0.00531. The fourth-order valence-electron chi connectivity index (χ4n) is 2.51. The Morgan fingerprint density at radius 2 is 1.95 bits per heavy atom. The molecule has 5 heteroatoms. The summed E-state index contributed by atoms with van der Waals surface area (Å²) in [6.45, 7) is 1.85. The Morgan fingerprint density at radius 1 is 1.20 bits per heavy atom. The monoisotopic (exact) mass is 267 g/mol. The maximum atomic E-state index is 7.51. The van der Waals surface area contributed by atoms with Crippen molar-refractivity contribution >= 4 is 22.9 Å². The normalized spacial score (nSPS) is 14.1. The lowest BCUT2D eigenvalue weighted by Crippen LogP contribution is -2.36. The maximum Gasteiger partial charge on any atom is 0.141 e. The molecule has 2 aromatic rings. The second-order valence-electron chi connectivity index (χ2n) is 4.87. The van der Waals surface area contributed by atoms with E-state index in [9.17, 15) is 0 Å². The van der Waals surface area contributed by atoms with Crippen molar-refractivity contribution in [3.05, 3.63) is 48.3 Å². The molecule has 1 aliphatic heterocycles. The number of rotatable bonds is 2. The van der Waals surface area contributed by atoms with Gasteiger partial charge >= 0.3 is 0 Å². The van der Waals surface area contributed by atoms with Gasteiger partial charge in [-0.2, -0.15) is 0 Å². The van der Waals surface area contributed by atoms with Crippen molar-refractivity contribution in [2.24, 2.45) is 5.73 Å². The molecular weight excluding hydrogens is 250 g/mol. The van der Waals surface area contributed by atoms with Crippen LogP contribution in [0, 0.1) is 5.41 Å². The van der Waals surface area contributed by atoms with Crippen molar-refractivity contribution in [3.63, 3.8) is 0 Å². The van der Waals surface area contributed by atoms with Crippen molar-refractivity contribution in [1.29, 1.82) is 5.41 Å². The highest BCUT2D eigenvalue weighted by molar-refractivity contribution is 5.94. The van der Waals surface area contributed by atoms with Gasteiger partial charge in [-0.15, -0.1) is 0 Å². The van der Waals surface area contributed by atoms with Crippen LogP contribution in [-0.2, 0) is 0 Å². The lowest BCUT2D eigenvalue weighted by atomic mass is 10.1. The number of fused-ring (bicyclic) bond motifs is 1. The third kappa shape index (κ3) is 2.07. The van der Waals surface area contributed by atoms with Gasteiger partial charge < -0.3 is 15.5 Å². The Hall–Kier alpha value is -2.56. The molecule has 0 saturated heterocycles. The number of hydrogen-bond donors (Lipinski definition) is 2. The predicted octanol–water partition coefficient (Wildman–Crippen LogP) is 1.95. The van der Waals surface area contributed by atoms with Gasteiger partial charge in [0.1, 0.15) is 11.5 Å². The van der Waals surface area contributed by atoms with Crippen molar-refractivity contribution in [2.45, 2.75) is 0 Å². The van der Waals surface area contributed by atoms with Gasteiger partial charge in [0.05, 0.1) is 11.4 Å². The zero-order chi connectivity index (χ0) is 14.1. The summed E-state index contributed by atoms with van der Waals surface area (Å²) < 4.78 is 0. The van der Waals surface area contributed by atoms with E-state index in [1.54, 1.807) is 6.20 Å². The number of aromatic nitrogens is 1. The molecule has 0 spiro atoms. The van der Waals surface area contributed by atoms with Gasteiger partial charge in [0, 0.05) is 32.0 Å². The van der Waals surface area contributed by atoms with Gasteiger partial charge in [0.15, 0.2) is 0 Å². The average Bonchev–Trinajstić information content (AvgIpc) is 2.48. The Morgan fingerprint density at radius 3 is 2.70 bits per heavy atom. The summed E-state index contributed by atoms with van der Waals surface area (Å²) >= 11 is 0. The average molecular weight is 267 g/mol. The molecule has 0 bridgehead atoms. The molecule has 0 unspecified atom stereocenters. The molecule has 0 atom stereocenters. The van der Waals surface area contributed by atoms with Crippen LogP contribution in [0.3, 0.4) is 0 Å². The van der Waals surface area contributed by atoms with Crippen LogP contribution in [-0.4, -0.2) is 31.0 Å². The second kappa shape index (κ2) is 4.85. The van der Waals surface area contributed by atoms with E-state index < -0.39 is 0 Å². The summed E-state index contributed by atoms with van der Waals surface area (Å²) in [6.07, 6.45) is 1.70. The highest BCUT2D eigenvalue weighted by atomic mass is 15.3. The van der Waals surface area contributed by atoms with Gasteiger partial charge in [-0.1, -0.05) is 12.1 Å². The molecule has 0 aliphatic carbocycles. The number of amidine groups is 1. The maximum absolute atomic E-state index is 7.51. The summed E-state index contributed by atoms with van der Waals surface area (Å²) in [7, 11) is 2.10. The van der Waals surface area contributed by atoms with Crippen LogP contribution in [0.5, 0.6) is 0 Å². The lowest BCUT2D eigenvalue weighted by molar-refractivity contribution is 0.821. The molecule has 0 radical (unpaired) electrons. The van der Waals surface area contributed by atoms with E-state index >= 15 is 0 Å². The van der Waals surface area contributed by atoms with E-state index in [0.717, 1.165) is 18.8 Å². The number of hydrogen-bond acceptors (Lipinski definition) is 4. The minimum absolute atomic E-state index is 0.00531. The number of nitrogens with zero attached hydrogens (tertiary/aromatic N) is 3. The van der Waals surface area contributed by atoms with E-state index in [-0.39, 0.29) is 5.84 Å². The summed E-state index contributed by atoms with van der Waals surface area (Å²) in [5, 5.41) is 7.51. The smallest absolute Gasteiger partial charge is 0.141 e. The zero-order valence-electron chi connectivity index (χ0n) is 11.4. The number of nitrogens with one attached hydrogen (secondary N) is 1. The van der Waals surface area contributed by atoms with E-state index in [2.05, 4.69) is 34.0 Å². The first kappa shape index (κ1) is 12.5. The topological polar surface area (TPSA) is 69.2 Å². The summed E-state index contributed by atoms with van der Waals surface area (Å²) in [5.74, 6) is -0.00531. The van der Waals surface area contributed by atoms with Gasteiger partial charge in [0.2, 0.25) is 0 Å². The third-order valence-corrected chi connectivity index (χ3v) is 3.57. The largest absolute Gasteiger partial charge is 0.382 e. The van der Waals surface area contributed by atoms with E-state index in [1.165, 1.54) is 11.4 Å². The van der Waals surface area contributed by atoms with Crippen molar-refractivity contribution in [2.75, 3.05) is 29.9 Å². The van der Waals surface area contributed by atoms with Gasteiger partial charge in [0.25, 0.3) is 0 Å². The van der Waals surface area contributed by atoms with Gasteiger partial charge in [-0.3, -0.25) is 10.4 Å². The predicted molar refractivity (Wildman–Crippen MR) is 82.0 cm³/mol. The summed E-state index contributed by atoms with van der Waals surface area (Å²) in [4.78, 5) is 8.61. The lowest BCUT2D eigenvalue weighted by Gasteiger charge is -2.37. The van der Waals surface area contributed by atoms with Crippen LogP contribution in [0.1, 0.15) is 5.69 Å². The number of anilines is 3. The third-order valence-electron chi connectivity index (χ3n) is 3.57. The number of nitrogen functional groups attached to an aromatic ring is 1. The SMILES string of the molecule is CN1CCN(c2ccnc(C(=N)N)c2)c2ccccc21. The van der Waals surface area contributed by atoms with Crippen molar-refractivity contribution < 1.29 is 0 Å². The van der Waals surface area contributed by atoms with Crippen molar-refractivity contribution in [1.82, 2.24) is 4.98 Å². The van der Waals surface area contributed by atoms with Gasteiger partial charge in [-0.05, 0) is 24.3 Å². The van der Waals surface area contributed by atoms with E-state index in [4.69, 9.17) is 11.1 Å². The molecule has 0 amide bonds. The molecule has 0 fully saturated rings. The molecule has 3 rings (SSSR count). The molecule has 2 heterocycles. The Bertz CT molecular complexity index is 652. The minimum Gasteiger partial charge on any atom is -0.382 e.